The second-order valence-electron chi connectivity index (χ2n) is 6.88. The van der Waals surface area contributed by atoms with Gasteiger partial charge >= 0.3 is 6.09 Å². The van der Waals surface area contributed by atoms with Crippen LogP contribution < -0.4 is 0 Å². The molecule has 2 saturated heterocycles. The standard InChI is InChI=1S/C15H28N2O3/c1-15(2,3)20-14(18)16-8-5-12(6-9-16)11-17-10-7-13(17)19-4/h12-13H,5-11H2,1-4H3. The number of hydrogen-bond acceptors (Lipinski definition) is 4. The Labute approximate surface area is 122 Å². The van der Waals surface area contributed by atoms with E-state index in [0.29, 0.717) is 12.1 Å². The molecule has 0 saturated carbocycles. The van der Waals surface area contributed by atoms with Crippen LogP contribution in [0, 0.1) is 5.92 Å². The number of rotatable bonds is 3. The van der Waals surface area contributed by atoms with Crippen LogP contribution in [0.2, 0.25) is 0 Å². The third-order valence-electron chi connectivity index (χ3n) is 4.10. The number of piperidine rings is 1. The van der Waals surface area contributed by atoms with Gasteiger partial charge in [0.15, 0.2) is 0 Å². The fourth-order valence-corrected chi connectivity index (χ4v) is 2.85. The highest BCUT2D eigenvalue weighted by molar-refractivity contribution is 5.68. The molecule has 2 rings (SSSR count). The maximum Gasteiger partial charge on any atom is 0.410 e. The van der Waals surface area contributed by atoms with Crippen LogP contribution in [-0.2, 0) is 9.47 Å². The fourth-order valence-electron chi connectivity index (χ4n) is 2.85. The molecule has 0 aromatic rings. The van der Waals surface area contributed by atoms with Crippen LogP contribution in [0.1, 0.15) is 40.0 Å². The van der Waals surface area contributed by atoms with Crippen LogP contribution in [0.3, 0.4) is 0 Å². The molecule has 2 fully saturated rings. The second-order valence-corrected chi connectivity index (χ2v) is 6.88. The van der Waals surface area contributed by atoms with Gasteiger partial charge in [-0.1, -0.05) is 0 Å². The van der Waals surface area contributed by atoms with Gasteiger partial charge in [-0.15, -0.1) is 0 Å². The molecule has 0 aromatic heterocycles. The van der Waals surface area contributed by atoms with Gasteiger partial charge in [0.05, 0.1) is 0 Å². The van der Waals surface area contributed by atoms with Gasteiger partial charge in [0, 0.05) is 33.3 Å². The second kappa shape index (κ2) is 6.31. The first-order valence-corrected chi connectivity index (χ1v) is 7.64. The zero-order valence-electron chi connectivity index (χ0n) is 13.2. The molecule has 2 aliphatic heterocycles. The summed E-state index contributed by atoms with van der Waals surface area (Å²) in [6.07, 6.45) is 3.42. The summed E-state index contributed by atoms with van der Waals surface area (Å²) in [6.45, 7) is 9.59. The number of ether oxygens (including phenoxy) is 2. The lowest BCUT2D eigenvalue weighted by Gasteiger charge is -2.43. The maximum absolute atomic E-state index is 12.0. The maximum atomic E-state index is 12.0. The van der Waals surface area contributed by atoms with Crippen LogP contribution in [0.5, 0.6) is 0 Å². The number of hydrogen-bond donors (Lipinski definition) is 0. The first-order valence-electron chi connectivity index (χ1n) is 7.64. The topological polar surface area (TPSA) is 42.0 Å². The Hall–Kier alpha value is -0.810. The molecule has 20 heavy (non-hydrogen) atoms. The van der Waals surface area contributed by atoms with Gasteiger partial charge in [-0.2, -0.15) is 0 Å². The summed E-state index contributed by atoms with van der Waals surface area (Å²) in [5.74, 6) is 0.673. The van der Waals surface area contributed by atoms with Crippen molar-refractivity contribution in [3.05, 3.63) is 0 Å². The van der Waals surface area contributed by atoms with Gasteiger partial charge in [0.1, 0.15) is 11.8 Å². The van der Waals surface area contributed by atoms with Crippen molar-refractivity contribution in [2.24, 2.45) is 5.92 Å². The highest BCUT2D eigenvalue weighted by Gasteiger charge is 2.32. The van der Waals surface area contributed by atoms with Crippen molar-refractivity contribution in [1.82, 2.24) is 9.80 Å². The summed E-state index contributed by atoms with van der Waals surface area (Å²) in [5.41, 5.74) is -0.406. The summed E-state index contributed by atoms with van der Waals surface area (Å²) in [7, 11) is 1.78. The van der Waals surface area contributed by atoms with E-state index < -0.39 is 5.60 Å². The van der Waals surface area contributed by atoms with E-state index in [1.165, 1.54) is 0 Å². The van der Waals surface area contributed by atoms with Gasteiger partial charge in [-0.3, -0.25) is 4.90 Å². The van der Waals surface area contributed by atoms with Crippen LogP contribution in [-0.4, -0.2) is 61.0 Å². The highest BCUT2D eigenvalue weighted by Crippen LogP contribution is 2.25. The van der Waals surface area contributed by atoms with Gasteiger partial charge in [-0.05, 0) is 46.0 Å². The van der Waals surface area contributed by atoms with Gasteiger partial charge < -0.3 is 14.4 Å². The molecule has 2 heterocycles. The molecular weight excluding hydrogens is 256 g/mol. The number of methoxy groups -OCH3 is 1. The number of amides is 1. The predicted octanol–water partition coefficient (Wildman–Crippen LogP) is 2.31. The summed E-state index contributed by atoms with van der Waals surface area (Å²) < 4.78 is 10.8. The summed E-state index contributed by atoms with van der Waals surface area (Å²) in [5, 5.41) is 0. The van der Waals surface area contributed by atoms with Crippen molar-refractivity contribution >= 4 is 6.09 Å². The summed E-state index contributed by atoms with van der Waals surface area (Å²) >= 11 is 0. The summed E-state index contributed by atoms with van der Waals surface area (Å²) in [6, 6.07) is 0. The minimum Gasteiger partial charge on any atom is -0.444 e. The van der Waals surface area contributed by atoms with E-state index in [1.54, 1.807) is 7.11 Å². The Morgan fingerprint density at radius 1 is 1.15 bits per heavy atom. The Kier molecular flexibility index (Phi) is 4.91. The van der Waals surface area contributed by atoms with Crippen molar-refractivity contribution in [2.45, 2.75) is 51.9 Å². The molecule has 0 aromatic carbocycles. The van der Waals surface area contributed by atoms with Crippen molar-refractivity contribution in [1.29, 1.82) is 0 Å². The first-order chi connectivity index (χ1) is 9.39. The molecule has 1 amide bonds. The van der Waals surface area contributed by atoms with Crippen molar-refractivity contribution in [3.8, 4) is 0 Å². The van der Waals surface area contributed by atoms with Gasteiger partial charge in [0.25, 0.3) is 0 Å². The molecule has 116 valence electrons. The average molecular weight is 284 g/mol. The smallest absolute Gasteiger partial charge is 0.410 e. The number of likely N-dealkylation sites (tertiary alicyclic amines) is 2. The molecule has 1 unspecified atom stereocenters. The zero-order valence-corrected chi connectivity index (χ0v) is 13.2. The molecule has 0 aliphatic carbocycles. The lowest BCUT2D eigenvalue weighted by atomic mass is 9.95. The quantitative estimate of drug-likeness (QED) is 0.797. The number of carbonyl (C=O) groups is 1. The van der Waals surface area contributed by atoms with E-state index in [1.807, 2.05) is 25.7 Å². The fraction of sp³-hybridized carbons (Fsp3) is 0.933. The van der Waals surface area contributed by atoms with Gasteiger partial charge in [-0.25, -0.2) is 4.79 Å². The highest BCUT2D eigenvalue weighted by atomic mass is 16.6. The minimum atomic E-state index is -0.406. The normalized spacial score (nSPS) is 25.4. The van der Waals surface area contributed by atoms with Crippen LogP contribution in [0.25, 0.3) is 0 Å². The van der Waals surface area contributed by atoms with E-state index >= 15 is 0 Å². The third kappa shape index (κ3) is 4.09. The first kappa shape index (κ1) is 15.6. The SMILES string of the molecule is COC1CCN1CC1CCN(C(=O)OC(C)(C)C)CC1. The van der Waals surface area contributed by atoms with Crippen LogP contribution in [0.4, 0.5) is 4.79 Å². The molecular formula is C15H28N2O3. The Morgan fingerprint density at radius 2 is 1.80 bits per heavy atom. The molecule has 0 radical (unpaired) electrons. The van der Waals surface area contributed by atoms with Crippen molar-refractivity contribution in [2.75, 3.05) is 33.3 Å². The monoisotopic (exact) mass is 284 g/mol. The van der Waals surface area contributed by atoms with E-state index in [2.05, 4.69) is 4.90 Å². The minimum absolute atomic E-state index is 0.172. The van der Waals surface area contributed by atoms with E-state index in [-0.39, 0.29) is 6.09 Å². The molecule has 5 heteroatoms. The average Bonchev–Trinajstić information content (AvgIpc) is 2.34. The summed E-state index contributed by atoms with van der Waals surface area (Å²) in [4.78, 5) is 16.2. The molecule has 5 nitrogen and oxygen atoms in total. The Morgan fingerprint density at radius 3 is 2.25 bits per heavy atom. The lowest BCUT2D eigenvalue weighted by Crippen LogP contribution is -2.52. The molecule has 0 N–H and O–H groups in total. The van der Waals surface area contributed by atoms with Crippen LogP contribution in [0.15, 0.2) is 0 Å². The molecule has 2 aliphatic rings. The molecule has 1 atom stereocenters. The Balaban J connectivity index is 1.71. The lowest BCUT2D eigenvalue weighted by molar-refractivity contribution is -0.109. The Bertz CT molecular complexity index is 331. The number of carbonyl (C=O) groups excluding carboxylic acids is 1. The van der Waals surface area contributed by atoms with Crippen LogP contribution >= 0.6 is 0 Å². The van der Waals surface area contributed by atoms with E-state index in [0.717, 1.165) is 45.4 Å². The van der Waals surface area contributed by atoms with Crippen molar-refractivity contribution in [3.63, 3.8) is 0 Å². The van der Waals surface area contributed by atoms with Gasteiger partial charge in [0.2, 0.25) is 0 Å². The molecule has 0 spiro atoms. The van der Waals surface area contributed by atoms with E-state index in [9.17, 15) is 4.79 Å². The predicted molar refractivity (Wildman–Crippen MR) is 77.5 cm³/mol. The van der Waals surface area contributed by atoms with E-state index in [4.69, 9.17) is 9.47 Å². The number of nitrogens with zero attached hydrogens (tertiary/aromatic N) is 2. The third-order valence-corrected chi connectivity index (χ3v) is 4.10. The zero-order chi connectivity index (χ0) is 14.8. The molecule has 0 bridgehead atoms. The van der Waals surface area contributed by atoms with Crippen molar-refractivity contribution < 1.29 is 14.3 Å². The largest absolute Gasteiger partial charge is 0.444 e.